The first-order valence-corrected chi connectivity index (χ1v) is 5.47. The number of nitrogens with one attached hydrogen (secondary N) is 1. The Morgan fingerprint density at radius 2 is 2.43 bits per heavy atom. The van der Waals surface area contributed by atoms with Crippen LogP contribution in [-0.2, 0) is 0 Å². The lowest BCUT2D eigenvalue weighted by atomic mass is 10.2. The normalized spacial score (nSPS) is 29.9. The average Bonchev–Trinajstić information content (AvgIpc) is 2.33. The Kier molecular flexibility index (Phi) is 5.15. The molecule has 82 valence electrons. The first-order valence-electron chi connectivity index (χ1n) is 5.47. The van der Waals surface area contributed by atoms with Gasteiger partial charge in [0.15, 0.2) is 0 Å². The maximum atomic E-state index is 8.98. The van der Waals surface area contributed by atoms with Gasteiger partial charge in [0.05, 0.1) is 0 Å². The van der Waals surface area contributed by atoms with Crippen LogP contribution in [-0.4, -0.2) is 48.3 Å². The molecule has 14 heavy (non-hydrogen) atoms. The van der Waals surface area contributed by atoms with Crippen molar-refractivity contribution in [1.82, 2.24) is 10.2 Å². The Balaban J connectivity index is 2.51. The van der Waals surface area contributed by atoms with E-state index >= 15 is 0 Å². The van der Waals surface area contributed by atoms with E-state index in [0.29, 0.717) is 12.1 Å². The third kappa shape index (κ3) is 3.40. The fourth-order valence-corrected chi connectivity index (χ4v) is 1.95. The molecule has 1 aliphatic rings. The lowest BCUT2D eigenvalue weighted by molar-refractivity contribution is 0.179. The van der Waals surface area contributed by atoms with Crippen LogP contribution in [0, 0.1) is 0 Å². The van der Waals surface area contributed by atoms with Gasteiger partial charge in [0, 0.05) is 38.3 Å². The molecule has 2 atom stereocenters. The van der Waals surface area contributed by atoms with Crippen LogP contribution in [0.4, 0.5) is 0 Å². The standard InChI is InChI=1S/C11H22N2O/c1-3-6-13-7-4-10(2)12-9-11(13)5-8-14/h3,10-12,14H,1,4-9H2,2H3. The molecule has 1 rings (SSSR count). The Hall–Kier alpha value is -0.380. The van der Waals surface area contributed by atoms with Gasteiger partial charge in [-0.15, -0.1) is 6.58 Å². The minimum absolute atomic E-state index is 0.272. The number of hydrogen-bond acceptors (Lipinski definition) is 3. The number of hydrogen-bond donors (Lipinski definition) is 2. The zero-order valence-corrected chi connectivity index (χ0v) is 9.08. The summed E-state index contributed by atoms with van der Waals surface area (Å²) in [7, 11) is 0. The van der Waals surface area contributed by atoms with Gasteiger partial charge in [0.1, 0.15) is 0 Å². The fraction of sp³-hybridized carbons (Fsp3) is 0.818. The average molecular weight is 198 g/mol. The molecule has 1 saturated heterocycles. The number of aliphatic hydroxyl groups is 1. The van der Waals surface area contributed by atoms with Crippen LogP contribution in [0.15, 0.2) is 12.7 Å². The molecule has 1 aliphatic heterocycles. The van der Waals surface area contributed by atoms with Crippen molar-refractivity contribution >= 4 is 0 Å². The molecule has 1 heterocycles. The smallest absolute Gasteiger partial charge is 0.0446 e. The first kappa shape index (κ1) is 11.7. The molecular formula is C11H22N2O. The highest BCUT2D eigenvalue weighted by Crippen LogP contribution is 2.10. The SMILES string of the molecule is C=CCN1CCC(C)NCC1CCO. The lowest BCUT2D eigenvalue weighted by Gasteiger charge is -2.27. The Bertz CT molecular complexity index is 173. The van der Waals surface area contributed by atoms with Gasteiger partial charge in [-0.2, -0.15) is 0 Å². The second kappa shape index (κ2) is 6.17. The molecule has 0 saturated carbocycles. The third-order valence-electron chi connectivity index (χ3n) is 2.89. The van der Waals surface area contributed by atoms with E-state index < -0.39 is 0 Å². The van der Waals surface area contributed by atoms with E-state index in [1.807, 2.05) is 6.08 Å². The summed E-state index contributed by atoms with van der Waals surface area (Å²) in [4.78, 5) is 2.40. The number of rotatable bonds is 4. The summed E-state index contributed by atoms with van der Waals surface area (Å²) in [5.41, 5.74) is 0. The maximum Gasteiger partial charge on any atom is 0.0446 e. The second-order valence-electron chi connectivity index (χ2n) is 4.05. The minimum atomic E-state index is 0.272. The van der Waals surface area contributed by atoms with Crippen LogP contribution in [0.25, 0.3) is 0 Å². The van der Waals surface area contributed by atoms with Gasteiger partial charge in [-0.25, -0.2) is 0 Å². The highest BCUT2D eigenvalue weighted by atomic mass is 16.3. The predicted octanol–water partition coefficient (Wildman–Crippen LogP) is 0.607. The summed E-state index contributed by atoms with van der Waals surface area (Å²) in [5.74, 6) is 0. The molecule has 0 radical (unpaired) electrons. The topological polar surface area (TPSA) is 35.5 Å². The quantitative estimate of drug-likeness (QED) is 0.650. The molecule has 0 aromatic carbocycles. The molecule has 3 nitrogen and oxygen atoms in total. The molecule has 2 unspecified atom stereocenters. The van der Waals surface area contributed by atoms with Crippen LogP contribution in [0.2, 0.25) is 0 Å². The summed E-state index contributed by atoms with van der Waals surface area (Å²) < 4.78 is 0. The zero-order chi connectivity index (χ0) is 10.4. The van der Waals surface area contributed by atoms with Gasteiger partial charge in [-0.1, -0.05) is 6.08 Å². The molecule has 0 bridgehead atoms. The van der Waals surface area contributed by atoms with Gasteiger partial charge in [0.25, 0.3) is 0 Å². The highest BCUT2D eigenvalue weighted by Gasteiger charge is 2.21. The molecule has 0 aromatic rings. The Labute approximate surface area is 86.8 Å². The van der Waals surface area contributed by atoms with E-state index in [1.165, 1.54) is 6.42 Å². The minimum Gasteiger partial charge on any atom is -0.396 e. The summed E-state index contributed by atoms with van der Waals surface area (Å²) in [6, 6.07) is 1.05. The Morgan fingerprint density at radius 1 is 1.64 bits per heavy atom. The fourth-order valence-electron chi connectivity index (χ4n) is 1.95. The summed E-state index contributed by atoms with van der Waals surface area (Å²) in [6.45, 7) is 9.28. The van der Waals surface area contributed by atoms with Crippen LogP contribution in [0.5, 0.6) is 0 Å². The first-order chi connectivity index (χ1) is 6.77. The zero-order valence-electron chi connectivity index (χ0n) is 9.08. The van der Waals surface area contributed by atoms with Crippen molar-refractivity contribution in [2.45, 2.75) is 31.8 Å². The van der Waals surface area contributed by atoms with Gasteiger partial charge >= 0.3 is 0 Å². The molecule has 0 aromatic heterocycles. The van der Waals surface area contributed by atoms with Crippen molar-refractivity contribution in [3.05, 3.63) is 12.7 Å². The maximum absolute atomic E-state index is 8.98. The second-order valence-corrected chi connectivity index (χ2v) is 4.05. The van der Waals surface area contributed by atoms with Gasteiger partial charge < -0.3 is 10.4 Å². The van der Waals surface area contributed by atoms with E-state index in [2.05, 4.69) is 23.7 Å². The van der Waals surface area contributed by atoms with Crippen molar-refractivity contribution in [1.29, 1.82) is 0 Å². The van der Waals surface area contributed by atoms with E-state index in [-0.39, 0.29) is 6.61 Å². The molecule has 0 aliphatic carbocycles. The van der Waals surface area contributed by atoms with Gasteiger partial charge in [-0.3, -0.25) is 4.90 Å². The van der Waals surface area contributed by atoms with Crippen molar-refractivity contribution in [3.8, 4) is 0 Å². The van der Waals surface area contributed by atoms with E-state index in [0.717, 1.165) is 26.1 Å². The predicted molar refractivity (Wildman–Crippen MR) is 59.3 cm³/mol. The van der Waals surface area contributed by atoms with E-state index in [9.17, 15) is 0 Å². The van der Waals surface area contributed by atoms with Crippen LogP contribution >= 0.6 is 0 Å². The third-order valence-corrected chi connectivity index (χ3v) is 2.89. The Morgan fingerprint density at radius 3 is 3.07 bits per heavy atom. The van der Waals surface area contributed by atoms with Crippen LogP contribution in [0.3, 0.4) is 0 Å². The summed E-state index contributed by atoms with van der Waals surface area (Å²) >= 11 is 0. The van der Waals surface area contributed by atoms with Crippen LogP contribution < -0.4 is 5.32 Å². The van der Waals surface area contributed by atoms with Crippen molar-refractivity contribution in [2.75, 3.05) is 26.2 Å². The van der Waals surface area contributed by atoms with Crippen molar-refractivity contribution < 1.29 is 5.11 Å². The largest absolute Gasteiger partial charge is 0.396 e. The molecular weight excluding hydrogens is 176 g/mol. The highest BCUT2D eigenvalue weighted by molar-refractivity contribution is 4.85. The monoisotopic (exact) mass is 198 g/mol. The molecule has 3 heteroatoms. The number of aliphatic hydroxyl groups excluding tert-OH is 1. The van der Waals surface area contributed by atoms with Crippen molar-refractivity contribution in [3.63, 3.8) is 0 Å². The molecule has 0 amide bonds. The molecule has 2 N–H and O–H groups in total. The summed E-state index contributed by atoms with van der Waals surface area (Å²) in [6.07, 6.45) is 3.98. The van der Waals surface area contributed by atoms with Crippen LogP contribution in [0.1, 0.15) is 19.8 Å². The summed E-state index contributed by atoms with van der Waals surface area (Å²) in [5, 5.41) is 12.5. The van der Waals surface area contributed by atoms with Crippen molar-refractivity contribution in [2.24, 2.45) is 0 Å². The van der Waals surface area contributed by atoms with Gasteiger partial charge in [0.2, 0.25) is 0 Å². The van der Waals surface area contributed by atoms with E-state index in [1.54, 1.807) is 0 Å². The lowest BCUT2D eigenvalue weighted by Crippen LogP contribution is -2.40. The van der Waals surface area contributed by atoms with E-state index in [4.69, 9.17) is 5.11 Å². The molecule has 1 fully saturated rings. The number of nitrogens with zero attached hydrogens (tertiary/aromatic N) is 1. The van der Waals surface area contributed by atoms with Gasteiger partial charge in [-0.05, 0) is 19.8 Å². The molecule has 0 spiro atoms.